The molecule has 4 rings (SSSR count). The number of aromatic amines is 1. The third-order valence-electron chi connectivity index (χ3n) is 7.73. The monoisotopic (exact) mass is 554 g/mol. The molecular weight excluding hydrogens is 520 g/mol. The van der Waals surface area contributed by atoms with E-state index in [4.69, 9.17) is 0 Å². The van der Waals surface area contributed by atoms with Gasteiger partial charge in [0.05, 0.1) is 24.9 Å². The van der Waals surface area contributed by atoms with Crippen LogP contribution in [0.1, 0.15) is 50.9 Å². The average Bonchev–Trinajstić information content (AvgIpc) is 3.72. The van der Waals surface area contributed by atoms with Crippen molar-refractivity contribution in [1.29, 1.82) is 0 Å². The molecule has 0 saturated heterocycles. The number of para-hydroxylation sites is 1. The largest absolute Gasteiger partial charge is 0.481 e. The molecule has 0 bridgehead atoms. The summed E-state index contributed by atoms with van der Waals surface area (Å²) in [6, 6.07) is 5.38. The fourth-order valence-corrected chi connectivity index (χ4v) is 5.33. The molecule has 4 amide bonds. The Morgan fingerprint density at radius 1 is 1.10 bits per heavy atom. The van der Waals surface area contributed by atoms with E-state index in [9.17, 15) is 29.1 Å². The van der Waals surface area contributed by atoms with Crippen molar-refractivity contribution in [1.82, 2.24) is 36.6 Å². The van der Waals surface area contributed by atoms with E-state index >= 15 is 0 Å². The number of amides is 4. The molecule has 0 unspecified atom stereocenters. The summed E-state index contributed by atoms with van der Waals surface area (Å²) in [5.74, 6) is -4.39. The molecule has 5 N–H and O–H groups in total. The van der Waals surface area contributed by atoms with Gasteiger partial charge in [-0.2, -0.15) is 5.21 Å². The van der Waals surface area contributed by atoms with Crippen LogP contribution >= 0.6 is 0 Å². The second kappa shape index (κ2) is 12.7. The molecule has 2 aromatic rings. The maximum absolute atomic E-state index is 13.4. The van der Waals surface area contributed by atoms with Gasteiger partial charge in [0.1, 0.15) is 12.1 Å². The van der Waals surface area contributed by atoms with Gasteiger partial charge in [0.25, 0.3) is 0 Å². The van der Waals surface area contributed by atoms with Crippen LogP contribution in [-0.2, 0) is 36.9 Å². The highest BCUT2D eigenvalue weighted by molar-refractivity contribution is 6.05. The van der Waals surface area contributed by atoms with Crippen molar-refractivity contribution >= 4 is 35.3 Å². The van der Waals surface area contributed by atoms with E-state index in [0.717, 1.165) is 5.56 Å². The summed E-state index contributed by atoms with van der Waals surface area (Å²) in [4.78, 5) is 65.5. The summed E-state index contributed by atoms with van der Waals surface area (Å²) in [6.45, 7) is 3.31. The number of aromatic nitrogens is 4. The van der Waals surface area contributed by atoms with Crippen LogP contribution in [0.2, 0.25) is 0 Å². The summed E-state index contributed by atoms with van der Waals surface area (Å²) in [6.07, 6.45) is 2.36. The second-order valence-corrected chi connectivity index (χ2v) is 10.2. The minimum atomic E-state index is -1.02. The minimum absolute atomic E-state index is 0.0287. The first kappa shape index (κ1) is 28.6. The first-order valence-corrected chi connectivity index (χ1v) is 13.4. The molecule has 2 aliphatic rings. The van der Waals surface area contributed by atoms with Crippen LogP contribution in [0.15, 0.2) is 24.3 Å². The Labute approximate surface area is 230 Å². The van der Waals surface area contributed by atoms with Gasteiger partial charge in [-0.1, -0.05) is 50.1 Å². The Hall–Kier alpha value is -4.36. The zero-order valence-corrected chi connectivity index (χ0v) is 22.4. The highest BCUT2D eigenvalue weighted by Crippen LogP contribution is 2.33. The fraction of sp³-hybridized carbons (Fsp3) is 0.538. The van der Waals surface area contributed by atoms with Crippen LogP contribution in [0.5, 0.6) is 0 Å². The van der Waals surface area contributed by atoms with Gasteiger partial charge in [0.2, 0.25) is 23.6 Å². The molecule has 1 aromatic carbocycles. The van der Waals surface area contributed by atoms with Crippen LogP contribution in [0, 0.1) is 17.8 Å². The average molecular weight is 555 g/mol. The number of anilines is 1. The summed E-state index contributed by atoms with van der Waals surface area (Å²) in [5, 5.41) is 30.9. The molecule has 1 fully saturated rings. The lowest BCUT2D eigenvalue weighted by Gasteiger charge is -2.27. The molecule has 14 nitrogen and oxygen atoms in total. The van der Waals surface area contributed by atoms with Crippen LogP contribution < -0.4 is 20.9 Å². The van der Waals surface area contributed by atoms with Gasteiger partial charge in [-0.3, -0.25) is 28.9 Å². The lowest BCUT2D eigenvalue weighted by molar-refractivity contribution is -0.146. The van der Waals surface area contributed by atoms with E-state index in [1.165, 1.54) is 4.90 Å². The summed E-state index contributed by atoms with van der Waals surface area (Å²) >= 11 is 0. The van der Waals surface area contributed by atoms with Gasteiger partial charge >= 0.3 is 5.97 Å². The van der Waals surface area contributed by atoms with Crippen LogP contribution in [0.4, 0.5) is 5.69 Å². The third-order valence-corrected chi connectivity index (χ3v) is 7.73. The number of tetrazole rings is 1. The number of aliphatic carboxylic acids is 1. The van der Waals surface area contributed by atoms with Crippen molar-refractivity contribution in [2.45, 2.75) is 64.6 Å². The molecule has 1 aromatic heterocycles. The predicted octanol–water partition coefficient (Wildman–Crippen LogP) is -0.0782. The Balaban J connectivity index is 1.42. The molecule has 1 aliphatic heterocycles. The fourth-order valence-electron chi connectivity index (χ4n) is 5.33. The van der Waals surface area contributed by atoms with Gasteiger partial charge in [-0.05, 0) is 30.4 Å². The van der Waals surface area contributed by atoms with E-state index in [2.05, 4.69) is 36.6 Å². The maximum atomic E-state index is 13.4. The molecule has 214 valence electrons. The van der Waals surface area contributed by atoms with E-state index in [-0.39, 0.29) is 12.5 Å². The van der Waals surface area contributed by atoms with Crippen LogP contribution in [-0.4, -0.2) is 74.0 Å². The minimum Gasteiger partial charge on any atom is -0.481 e. The number of hydrogen-bond donors (Lipinski definition) is 5. The van der Waals surface area contributed by atoms with E-state index in [1.807, 2.05) is 19.1 Å². The summed E-state index contributed by atoms with van der Waals surface area (Å²) in [5.41, 5.74) is 1.39. The molecule has 2 heterocycles. The van der Waals surface area contributed by atoms with Gasteiger partial charge in [0.15, 0.2) is 5.82 Å². The van der Waals surface area contributed by atoms with E-state index in [0.29, 0.717) is 43.6 Å². The topological polar surface area (TPSA) is 199 Å². The van der Waals surface area contributed by atoms with Gasteiger partial charge in [0, 0.05) is 12.1 Å². The van der Waals surface area contributed by atoms with Crippen LogP contribution in [0.3, 0.4) is 0 Å². The van der Waals surface area contributed by atoms with Crippen molar-refractivity contribution < 1.29 is 29.1 Å². The van der Waals surface area contributed by atoms with Crippen molar-refractivity contribution in [3.63, 3.8) is 0 Å². The second-order valence-electron chi connectivity index (χ2n) is 10.2. The molecular formula is C26H34N8O6. The molecule has 0 radical (unpaired) electrons. The lowest BCUT2D eigenvalue weighted by Crippen LogP contribution is -2.55. The highest BCUT2D eigenvalue weighted by Gasteiger charge is 2.41. The highest BCUT2D eigenvalue weighted by atomic mass is 16.4. The van der Waals surface area contributed by atoms with Crippen LogP contribution in [0.25, 0.3) is 0 Å². The number of rotatable bonds is 11. The Bertz CT molecular complexity index is 1250. The number of benzene rings is 1. The molecule has 1 saturated carbocycles. The number of carbonyl (C=O) groups excluding carboxylic acids is 4. The molecule has 5 atom stereocenters. The van der Waals surface area contributed by atoms with E-state index < -0.39 is 60.1 Å². The first-order chi connectivity index (χ1) is 19.2. The lowest BCUT2D eigenvalue weighted by atomic mass is 9.93. The predicted molar refractivity (Wildman–Crippen MR) is 140 cm³/mol. The van der Waals surface area contributed by atoms with Crippen molar-refractivity contribution in [2.24, 2.45) is 17.8 Å². The quantitative estimate of drug-likeness (QED) is 0.252. The standard InChI is InChI=1S/C26H34N8O6/c1-3-14(2)22(29-23(36)16-8-6-9-17(16)26(39)40)25(38)28-13-21(35)34-18-10-5-4-7-15(18)11-19(34)24(37)27-12-20-30-32-33-31-20/h4-5,7,10,14,16-17,19,22H,3,6,8-9,11-13H2,1-2H3,(H,27,37)(H,28,38)(H,29,36)(H,39,40)(H,30,31,32,33)/t14-,16-,17+,19-,22-/m0/s1. The van der Waals surface area contributed by atoms with Gasteiger partial charge < -0.3 is 21.1 Å². The van der Waals surface area contributed by atoms with Gasteiger partial charge in [-0.25, -0.2) is 0 Å². The first-order valence-electron chi connectivity index (χ1n) is 13.4. The summed E-state index contributed by atoms with van der Waals surface area (Å²) < 4.78 is 0. The summed E-state index contributed by atoms with van der Waals surface area (Å²) in [7, 11) is 0. The van der Waals surface area contributed by atoms with Crippen molar-refractivity contribution in [3.8, 4) is 0 Å². The molecule has 40 heavy (non-hydrogen) atoms. The van der Waals surface area contributed by atoms with Crippen molar-refractivity contribution in [2.75, 3.05) is 11.4 Å². The van der Waals surface area contributed by atoms with E-state index in [1.54, 1.807) is 19.1 Å². The molecule has 1 aliphatic carbocycles. The number of carboxylic acids is 1. The SMILES string of the molecule is CC[C@H](C)[C@H](NC(=O)[C@H]1CCC[C@H]1C(=O)O)C(=O)NCC(=O)N1c2ccccc2C[C@H]1C(=O)NCc1nn[nH]n1. The Morgan fingerprint density at radius 3 is 2.55 bits per heavy atom. The number of nitrogens with zero attached hydrogens (tertiary/aromatic N) is 4. The smallest absolute Gasteiger partial charge is 0.307 e. The maximum Gasteiger partial charge on any atom is 0.307 e. The number of nitrogens with one attached hydrogen (secondary N) is 4. The van der Waals surface area contributed by atoms with Crippen molar-refractivity contribution in [3.05, 3.63) is 35.7 Å². The zero-order chi connectivity index (χ0) is 28.8. The Morgan fingerprint density at radius 2 is 1.85 bits per heavy atom. The molecule has 14 heteroatoms. The number of carbonyl (C=O) groups is 5. The number of H-pyrrole nitrogens is 1. The van der Waals surface area contributed by atoms with Gasteiger partial charge in [-0.15, -0.1) is 10.2 Å². The number of carboxylic acid groups (broad SMARTS) is 1. The zero-order valence-electron chi connectivity index (χ0n) is 22.4. The normalized spacial score (nSPS) is 21.2. The Kier molecular flexibility index (Phi) is 9.07. The molecule has 0 spiro atoms. The third kappa shape index (κ3) is 6.26. The number of hydrogen-bond acceptors (Lipinski definition) is 8. The number of fused-ring (bicyclic) bond motifs is 1.